The lowest BCUT2D eigenvalue weighted by Crippen LogP contribution is -2.50. The Morgan fingerprint density at radius 3 is 2.35 bits per heavy atom. The summed E-state index contributed by atoms with van der Waals surface area (Å²) >= 11 is 0. The first kappa shape index (κ1) is 16.6. The number of nitrogens with zero attached hydrogens (tertiary/aromatic N) is 4. The maximum Gasteiger partial charge on any atom is 0.248 e. The van der Waals surface area contributed by atoms with Gasteiger partial charge < -0.3 is 18.5 Å². The minimum Gasteiger partial charge on any atom is -0.497 e. The first-order valence-corrected chi connectivity index (χ1v) is 8.59. The Labute approximate surface area is 153 Å². The highest BCUT2D eigenvalue weighted by Gasteiger charge is 2.28. The number of hydrogen-bond acceptors (Lipinski definition) is 5. The van der Waals surface area contributed by atoms with Gasteiger partial charge in [-0.3, -0.25) is 0 Å². The highest BCUT2D eigenvalue weighted by molar-refractivity contribution is 5.65. The normalized spacial score (nSPS) is 15.6. The molecule has 0 radical (unpaired) electrons. The van der Waals surface area contributed by atoms with Crippen molar-refractivity contribution in [1.29, 1.82) is 0 Å². The average molecular weight is 351 g/mol. The van der Waals surface area contributed by atoms with Crippen molar-refractivity contribution < 1.29 is 13.6 Å². The summed E-state index contributed by atoms with van der Waals surface area (Å²) in [6.07, 6.45) is 0. The molecule has 2 aromatic carbocycles. The van der Waals surface area contributed by atoms with Gasteiger partial charge in [0.2, 0.25) is 11.8 Å². The molecule has 1 aliphatic heterocycles. The molecular formula is C20H23N4O2+. The van der Waals surface area contributed by atoms with E-state index in [1.165, 1.54) is 11.3 Å². The summed E-state index contributed by atoms with van der Waals surface area (Å²) in [5, 5.41) is 8.45. The number of benzene rings is 2. The third-order valence-electron chi connectivity index (χ3n) is 4.69. The SMILES string of the molecule is COc1ccc(-c2nnc(-c3ccc4c(c3)C[N+](C)(C)CN4C)o2)cc1. The van der Waals surface area contributed by atoms with E-state index >= 15 is 0 Å². The largest absolute Gasteiger partial charge is 0.497 e. The van der Waals surface area contributed by atoms with Crippen LogP contribution in [0.1, 0.15) is 5.56 Å². The van der Waals surface area contributed by atoms with Gasteiger partial charge in [-0.05, 0) is 42.5 Å². The molecular weight excluding hydrogens is 328 g/mol. The third kappa shape index (κ3) is 3.04. The van der Waals surface area contributed by atoms with Crippen LogP contribution in [0.2, 0.25) is 0 Å². The molecule has 0 aliphatic carbocycles. The smallest absolute Gasteiger partial charge is 0.248 e. The van der Waals surface area contributed by atoms with Gasteiger partial charge in [-0.1, -0.05) is 0 Å². The molecule has 6 nitrogen and oxygen atoms in total. The number of methoxy groups -OCH3 is 1. The first-order chi connectivity index (χ1) is 12.4. The molecule has 1 aromatic heterocycles. The van der Waals surface area contributed by atoms with Gasteiger partial charge in [-0.2, -0.15) is 0 Å². The van der Waals surface area contributed by atoms with Gasteiger partial charge in [-0.15, -0.1) is 10.2 Å². The van der Waals surface area contributed by atoms with Gasteiger partial charge in [0.15, 0.2) is 6.67 Å². The van der Waals surface area contributed by atoms with E-state index in [0.29, 0.717) is 11.8 Å². The fourth-order valence-corrected chi connectivity index (χ4v) is 3.57. The molecule has 6 heteroatoms. The van der Waals surface area contributed by atoms with E-state index in [2.05, 4.69) is 48.4 Å². The van der Waals surface area contributed by atoms with Gasteiger partial charge in [0.25, 0.3) is 0 Å². The molecule has 0 N–H and O–H groups in total. The maximum atomic E-state index is 5.92. The Balaban J connectivity index is 1.65. The van der Waals surface area contributed by atoms with Crippen molar-refractivity contribution in [3.8, 4) is 28.7 Å². The molecule has 26 heavy (non-hydrogen) atoms. The highest BCUT2D eigenvalue weighted by Crippen LogP contribution is 2.33. The Bertz CT molecular complexity index is 931. The lowest BCUT2D eigenvalue weighted by atomic mass is 10.0. The minimum atomic E-state index is 0.508. The summed E-state index contributed by atoms with van der Waals surface area (Å²) < 4.78 is 12.0. The zero-order valence-corrected chi connectivity index (χ0v) is 15.6. The van der Waals surface area contributed by atoms with Crippen molar-refractivity contribution in [1.82, 2.24) is 10.2 Å². The molecule has 0 fully saturated rings. The molecule has 0 saturated heterocycles. The summed E-state index contributed by atoms with van der Waals surface area (Å²) in [4.78, 5) is 2.29. The number of anilines is 1. The van der Waals surface area contributed by atoms with Crippen LogP contribution in [0.25, 0.3) is 22.9 Å². The zero-order valence-electron chi connectivity index (χ0n) is 15.6. The summed E-state index contributed by atoms with van der Waals surface area (Å²) in [7, 11) is 8.25. The van der Waals surface area contributed by atoms with Crippen LogP contribution >= 0.6 is 0 Å². The van der Waals surface area contributed by atoms with Gasteiger partial charge in [-0.25, -0.2) is 0 Å². The van der Waals surface area contributed by atoms with Crippen LogP contribution in [-0.4, -0.2) is 49.6 Å². The summed E-state index contributed by atoms with van der Waals surface area (Å²) in [5.74, 6) is 1.85. The molecule has 2 heterocycles. The molecule has 0 spiro atoms. The monoisotopic (exact) mass is 351 g/mol. The van der Waals surface area contributed by atoms with Crippen LogP contribution in [0, 0.1) is 0 Å². The summed E-state index contributed by atoms with van der Waals surface area (Å²) in [6.45, 7) is 1.97. The van der Waals surface area contributed by atoms with Crippen LogP contribution in [0.3, 0.4) is 0 Å². The zero-order chi connectivity index (χ0) is 18.3. The maximum absolute atomic E-state index is 5.92. The van der Waals surface area contributed by atoms with E-state index in [0.717, 1.165) is 34.6 Å². The molecule has 1 aliphatic rings. The molecule has 0 unspecified atom stereocenters. The number of rotatable bonds is 3. The van der Waals surface area contributed by atoms with Crippen molar-refractivity contribution in [2.75, 3.05) is 39.8 Å². The average Bonchev–Trinajstić information content (AvgIpc) is 3.10. The lowest BCUT2D eigenvalue weighted by Gasteiger charge is -2.40. The minimum absolute atomic E-state index is 0.508. The van der Waals surface area contributed by atoms with Crippen LogP contribution in [0.4, 0.5) is 5.69 Å². The molecule has 0 atom stereocenters. The van der Waals surface area contributed by atoms with Crippen LogP contribution in [0.5, 0.6) is 5.75 Å². The molecule has 0 bridgehead atoms. The van der Waals surface area contributed by atoms with Gasteiger partial charge in [0, 0.05) is 29.4 Å². The fourth-order valence-electron chi connectivity index (χ4n) is 3.57. The molecule has 0 saturated carbocycles. The second-order valence-corrected chi connectivity index (χ2v) is 7.42. The van der Waals surface area contributed by atoms with Gasteiger partial charge in [0.05, 0.1) is 21.2 Å². The molecule has 4 rings (SSSR count). The Kier molecular flexibility index (Phi) is 3.92. The van der Waals surface area contributed by atoms with Crippen molar-refractivity contribution in [3.63, 3.8) is 0 Å². The summed E-state index contributed by atoms with van der Waals surface area (Å²) in [6, 6.07) is 13.9. The quantitative estimate of drug-likeness (QED) is 0.677. The second-order valence-electron chi connectivity index (χ2n) is 7.42. The van der Waals surface area contributed by atoms with Crippen LogP contribution < -0.4 is 9.64 Å². The van der Waals surface area contributed by atoms with E-state index in [1.54, 1.807) is 7.11 Å². The predicted molar refractivity (Wildman–Crippen MR) is 101 cm³/mol. The standard InChI is InChI=1S/C20H23N4O2/c1-23-13-24(2,3)12-16-11-15(7-10-18(16)23)20-22-21-19(26-20)14-5-8-17(25-4)9-6-14/h5-11H,12-13H2,1-4H3/q+1. The molecule has 0 amide bonds. The Morgan fingerprint density at radius 2 is 1.65 bits per heavy atom. The number of aromatic nitrogens is 2. The molecule has 3 aromatic rings. The fraction of sp³-hybridized carbons (Fsp3) is 0.300. The van der Waals surface area contributed by atoms with Gasteiger partial charge in [0.1, 0.15) is 12.3 Å². The second kappa shape index (κ2) is 6.14. The van der Waals surface area contributed by atoms with Crippen LogP contribution in [0.15, 0.2) is 46.9 Å². The van der Waals surface area contributed by atoms with Crippen molar-refractivity contribution >= 4 is 5.69 Å². The van der Waals surface area contributed by atoms with Crippen molar-refractivity contribution in [2.45, 2.75) is 6.54 Å². The van der Waals surface area contributed by atoms with E-state index in [1.807, 2.05) is 30.3 Å². The Hall–Kier alpha value is -2.86. The van der Waals surface area contributed by atoms with Crippen molar-refractivity contribution in [3.05, 3.63) is 48.0 Å². The number of hydrogen-bond donors (Lipinski definition) is 0. The highest BCUT2D eigenvalue weighted by atomic mass is 16.5. The number of ether oxygens (including phenoxy) is 1. The Morgan fingerprint density at radius 1 is 1.00 bits per heavy atom. The van der Waals surface area contributed by atoms with Crippen LogP contribution in [-0.2, 0) is 6.54 Å². The van der Waals surface area contributed by atoms with E-state index in [9.17, 15) is 0 Å². The van der Waals surface area contributed by atoms with E-state index in [-0.39, 0.29) is 0 Å². The summed E-state index contributed by atoms with van der Waals surface area (Å²) in [5.41, 5.74) is 4.39. The third-order valence-corrected chi connectivity index (χ3v) is 4.69. The van der Waals surface area contributed by atoms with E-state index in [4.69, 9.17) is 9.15 Å². The topological polar surface area (TPSA) is 51.4 Å². The predicted octanol–water partition coefficient (Wildman–Crippen LogP) is 3.40. The van der Waals surface area contributed by atoms with Crippen molar-refractivity contribution in [2.24, 2.45) is 0 Å². The number of quaternary nitrogens is 1. The first-order valence-electron chi connectivity index (χ1n) is 8.59. The van der Waals surface area contributed by atoms with E-state index < -0.39 is 0 Å². The molecule has 134 valence electrons. The number of fused-ring (bicyclic) bond motifs is 1. The van der Waals surface area contributed by atoms with Gasteiger partial charge >= 0.3 is 0 Å². The lowest BCUT2D eigenvalue weighted by molar-refractivity contribution is -0.904.